The molecule has 0 aromatic heterocycles. The van der Waals surface area contributed by atoms with E-state index in [9.17, 15) is 5.11 Å². The van der Waals surface area contributed by atoms with Crippen molar-refractivity contribution >= 4 is 17.4 Å². The Morgan fingerprint density at radius 3 is 2.47 bits per heavy atom. The van der Waals surface area contributed by atoms with E-state index in [2.05, 4.69) is 0 Å². The summed E-state index contributed by atoms with van der Waals surface area (Å²) >= 11 is 1.58. The minimum absolute atomic E-state index is 0.574. The summed E-state index contributed by atoms with van der Waals surface area (Å²) in [5.41, 5.74) is 7.98. The molecule has 19 heavy (non-hydrogen) atoms. The molecule has 0 heterocycles. The van der Waals surface area contributed by atoms with Gasteiger partial charge in [0.25, 0.3) is 0 Å². The normalized spacial score (nSPS) is 14.1. The lowest BCUT2D eigenvalue weighted by Gasteiger charge is -2.23. The zero-order chi connectivity index (χ0) is 13.9. The first-order chi connectivity index (χ1) is 8.99. The second kappa shape index (κ2) is 5.68. The quantitative estimate of drug-likeness (QED) is 0.661. The van der Waals surface area contributed by atoms with Gasteiger partial charge in [-0.25, -0.2) is 0 Å². The van der Waals surface area contributed by atoms with E-state index in [4.69, 9.17) is 5.73 Å². The molecule has 0 aliphatic rings. The maximum Gasteiger partial charge on any atom is 0.0962 e. The largest absolute Gasteiger partial charge is 0.398 e. The minimum Gasteiger partial charge on any atom is -0.398 e. The molecule has 0 saturated carbocycles. The SMILES string of the molecule is Cc1ccc(SCC(C)(O)c2ccccc2)c(N)c1. The first-order valence-electron chi connectivity index (χ1n) is 6.26. The van der Waals surface area contributed by atoms with E-state index in [1.807, 2.05) is 62.4 Å². The van der Waals surface area contributed by atoms with E-state index in [1.165, 1.54) is 0 Å². The molecule has 2 rings (SSSR count). The average Bonchev–Trinajstić information content (AvgIpc) is 2.39. The fraction of sp³-hybridized carbons (Fsp3) is 0.250. The van der Waals surface area contributed by atoms with Crippen molar-refractivity contribution in [3.63, 3.8) is 0 Å². The molecule has 0 saturated heterocycles. The Kier molecular flexibility index (Phi) is 4.17. The van der Waals surface area contributed by atoms with Crippen LogP contribution in [0.3, 0.4) is 0 Å². The van der Waals surface area contributed by atoms with Gasteiger partial charge in [0.1, 0.15) is 0 Å². The number of rotatable bonds is 4. The number of nitrogens with two attached hydrogens (primary N) is 1. The maximum atomic E-state index is 10.5. The van der Waals surface area contributed by atoms with Gasteiger partial charge in [-0.2, -0.15) is 0 Å². The highest BCUT2D eigenvalue weighted by molar-refractivity contribution is 7.99. The lowest BCUT2D eigenvalue weighted by atomic mass is 9.99. The zero-order valence-corrected chi connectivity index (χ0v) is 12.1. The molecule has 1 unspecified atom stereocenters. The topological polar surface area (TPSA) is 46.2 Å². The van der Waals surface area contributed by atoms with Crippen molar-refractivity contribution in [2.75, 3.05) is 11.5 Å². The van der Waals surface area contributed by atoms with Crippen LogP contribution in [0.4, 0.5) is 5.69 Å². The standard InChI is InChI=1S/C16H19NOS/c1-12-8-9-15(14(17)10-12)19-11-16(2,18)13-6-4-3-5-7-13/h3-10,18H,11,17H2,1-2H3. The number of aryl methyl sites for hydroxylation is 1. The molecule has 0 aliphatic heterocycles. The molecule has 0 radical (unpaired) electrons. The van der Waals surface area contributed by atoms with E-state index in [0.29, 0.717) is 5.75 Å². The van der Waals surface area contributed by atoms with Gasteiger partial charge >= 0.3 is 0 Å². The summed E-state index contributed by atoms with van der Waals surface area (Å²) in [7, 11) is 0. The Morgan fingerprint density at radius 1 is 1.16 bits per heavy atom. The molecule has 3 N–H and O–H groups in total. The van der Waals surface area contributed by atoms with Crippen LogP contribution in [-0.4, -0.2) is 10.9 Å². The van der Waals surface area contributed by atoms with Gasteiger partial charge in [-0.15, -0.1) is 11.8 Å². The van der Waals surface area contributed by atoms with Crippen molar-refractivity contribution in [3.8, 4) is 0 Å². The van der Waals surface area contributed by atoms with Crippen LogP contribution in [0.25, 0.3) is 0 Å². The van der Waals surface area contributed by atoms with Crippen molar-refractivity contribution in [2.45, 2.75) is 24.3 Å². The van der Waals surface area contributed by atoms with Crippen molar-refractivity contribution in [2.24, 2.45) is 0 Å². The van der Waals surface area contributed by atoms with Gasteiger partial charge in [0, 0.05) is 16.3 Å². The summed E-state index contributed by atoms with van der Waals surface area (Å²) in [5, 5.41) is 10.5. The van der Waals surface area contributed by atoms with Crippen molar-refractivity contribution < 1.29 is 5.11 Å². The predicted molar refractivity (Wildman–Crippen MR) is 82.3 cm³/mol. The molecule has 3 heteroatoms. The second-order valence-electron chi connectivity index (χ2n) is 4.97. The monoisotopic (exact) mass is 273 g/mol. The molecule has 1 atom stereocenters. The number of hydrogen-bond donors (Lipinski definition) is 2. The van der Waals surface area contributed by atoms with Gasteiger partial charge < -0.3 is 10.8 Å². The molecule has 0 spiro atoms. The van der Waals surface area contributed by atoms with Gasteiger partial charge in [-0.1, -0.05) is 36.4 Å². The number of aliphatic hydroxyl groups is 1. The third-order valence-corrected chi connectivity index (χ3v) is 4.46. The smallest absolute Gasteiger partial charge is 0.0962 e. The fourth-order valence-electron chi connectivity index (χ4n) is 1.90. The number of benzene rings is 2. The van der Waals surface area contributed by atoms with Crippen molar-refractivity contribution in [1.29, 1.82) is 0 Å². The Hall–Kier alpha value is -1.45. The third kappa shape index (κ3) is 3.52. The first kappa shape index (κ1) is 14.0. The Balaban J connectivity index is 2.09. The molecule has 2 aromatic rings. The van der Waals surface area contributed by atoms with Crippen LogP contribution < -0.4 is 5.73 Å². The highest BCUT2D eigenvalue weighted by Crippen LogP contribution is 2.32. The lowest BCUT2D eigenvalue weighted by molar-refractivity contribution is 0.0839. The van der Waals surface area contributed by atoms with Crippen molar-refractivity contribution in [3.05, 3.63) is 59.7 Å². The van der Waals surface area contributed by atoms with E-state index >= 15 is 0 Å². The summed E-state index contributed by atoms with van der Waals surface area (Å²) in [6, 6.07) is 15.7. The highest BCUT2D eigenvalue weighted by Gasteiger charge is 2.23. The summed E-state index contributed by atoms with van der Waals surface area (Å²) < 4.78 is 0. The molecule has 2 aromatic carbocycles. The molecule has 0 aliphatic carbocycles. The van der Waals surface area contributed by atoms with Gasteiger partial charge in [-0.3, -0.25) is 0 Å². The van der Waals surface area contributed by atoms with Gasteiger partial charge in [0.2, 0.25) is 0 Å². The molecular formula is C16H19NOS. The fourth-order valence-corrected chi connectivity index (χ4v) is 2.89. The first-order valence-corrected chi connectivity index (χ1v) is 7.24. The van der Waals surface area contributed by atoms with Crippen LogP contribution >= 0.6 is 11.8 Å². The summed E-state index contributed by atoms with van der Waals surface area (Å²) in [4.78, 5) is 1.02. The van der Waals surface area contributed by atoms with Crippen LogP contribution in [0.2, 0.25) is 0 Å². The second-order valence-corrected chi connectivity index (χ2v) is 5.99. The van der Waals surface area contributed by atoms with E-state index < -0.39 is 5.60 Å². The molecule has 100 valence electrons. The number of nitrogen functional groups attached to an aromatic ring is 1. The summed E-state index contributed by atoms with van der Waals surface area (Å²) in [6.45, 7) is 3.85. The molecule has 0 bridgehead atoms. The van der Waals surface area contributed by atoms with Gasteiger partial charge in [0.15, 0.2) is 0 Å². The van der Waals surface area contributed by atoms with Crippen LogP contribution in [0, 0.1) is 6.92 Å². The summed E-state index contributed by atoms with van der Waals surface area (Å²) in [5.74, 6) is 0.574. The minimum atomic E-state index is -0.858. The van der Waals surface area contributed by atoms with Gasteiger partial charge in [0.05, 0.1) is 5.60 Å². The average molecular weight is 273 g/mol. The Bertz CT molecular complexity index is 552. The highest BCUT2D eigenvalue weighted by atomic mass is 32.2. The number of hydrogen-bond acceptors (Lipinski definition) is 3. The number of thioether (sulfide) groups is 1. The van der Waals surface area contributed by atoms with Crippen LogP contribution in [0.15, 0.2) is 53.4 Å². The lowest BCUT2D eigenvalue weighted by Crippen LogP contribution is -2.24. The van der Waals surface area contributed by atoms with Crippen LogP contribution in [0.1, 0.15) is 18.1 Å². The van der Waals surface area contributed by atoms with Crippen LogP contribution in [0.5, 0.6) is 0 Å². The predicted octanol–water partition coefficient (Wildman–Crippen LogP) is 3.58. The summed E-state index contributed by atoms with van der Waals surface area (Å²) in [6.07, 6.45) is 0. The van der Waals surface area contributed by atoms with E-state index in [1.54, 1.807) is 11.8 Å². The molecule has 2 nitrogen and oxygen atoms in total. The Morgan fingerprint density at radius 2 is 1.84 bits per heavy atom. The number of anilines is 1. The zero-order valence-electron chi connectivity index (χ0n) is 11.3. The molecule has 0 fully saturated rings. The van der Waals surface area contributed by atoms with E-state index in [0.717, 1.165) is 21.7 Å². The third-order valence-electron chi connectivity index (χ3n) is 3.07. The van der Waals surface area contributed by atoms with E-state index in [-0.39, 0.29) is 0 Å². The van der Waals surface area contributed by atoms with Crippen molar-refractivity contribution in [1.82, 2.24) is 0 Å². The molecule has 0 amide bonds. The molecular weight excluding hydrogens is 254 g/mol. The van der Waals surface area contributed by atoms with Gasteiger partial charge in [-0.05, 0) is 37.1 Å². The van der Waals surface area contributed by atoms with Crippen LogP contribution in [-0.2, 0) is 5.60 Å². The Labute approximate surface area is 118 Å². The maximum absolute atomic E-state index is 10.5.